The summed E-state index contributed by atoms with van der Waals surface area (Å²) in [6.45, 7) is 16.5. The second-order valence-corrected chi connectivity index (χ2v) is 7.92. The van der Waals surface area contributed by atoms with Crippen LogP contribution in [0.5, 0.6) is 0 Å². The van der Waals surface area contributed by atoms with Gasteiger partial charge in [0.15, 0.2) is 0 Å². The summed E-state index contributed by atoms with van der Waals surface area (Å²) < 4.78 is 14.4. The van der Waals surface area contributed by atoms with E-state index in [1.165, 1.54) is 5.56 Å². The van der Waals surface area contributed by atoms with E-state index in [9.17, 15) is 19.5 Å². The van der Waals surface area contributed by atoms with Gasteiger partial charge in [0.25, 0.3) is 0 Å². The number of carbonyl (C=O) groups is 3. The van der Waals surface area contributed by atoms with E-state index < -0.39 is 5.97 Å². The molecule has 0 radical (unpaired) electrons. The average Bonchev–Trinajstić information content (AvgIpc) is 2.86. The zero-order chi connectivity index (χ0) is 26.5. The van der Waals surface area contributed by atoms with Gasteiger partial charge in [-0.15, -0.1) is 0 Å². The number of methoxy groups -OCH3 is 1. The Bertz CT molecular complexity index is 704. The van der Waals surface area contributed by atoms with Crippen LogP contribution in [0.15, 0.2) is 36.9 Å². The van der Waals surface area contributed by atoms with Crippen molar-refractivity contribution < 1.29 is 63.3 Å². The van der Waals surface area contributed by atoms with Gasteiger partial charge in [0.1, 0.15) is 13.2 Å². The summed E-state index contributed by atoms with van der Waals surface area (Å²) in [6, 6.07) is 6.88. The van der Waals surface area contributed by atoms with Gasteiger partial charge in [-0.2, -0.15) is 0 Å². The van der Waals surface area contributed by atoms with Gasteiger partial charge in [0, 0.05) is 7.11 Å². The third-order valence-corrected chi connectivity index (χ3v) is 5.23. The van der Waals surface area contributed by atoms with Gasteiger partial charge in [-0.25, -0.2) is 0 Å². The van der Waals surface area contributed by atoms with E-state index in [1.54, 1.807) is 25.3 Å². The van der Waals surface area contributed by atoms with Gasteiger partial charge in [-0.3, -0.25) is 9.59 Å². The second-order valence-electron chi connectivity index (χ2n) is 7.92. The van der Waals surface area contributed by atoms with Crippen LogP contribution in [0.1, 0.15) is 82.6 Å². The average molecular weight is 503 g/mol. The predicted molar refractivity (Wildman–Crippen MR) is 132 cm³/mol. The zero-order valence-corrected chi connectivity index (χ0v) is 24.9. The van der Waals surface area contributed by atoms with Gasteiger partial charge in [0.05, 0.1) is 24.4 Å². The molecular weight excluding hydrogens is 459 g/mol. The minimum absolute atomic E-state index is 0. The molecule has 0 saturated heterocycles. The molecule has 0 aliphatic heterocycles. The van der Waals surface area contributed by atoms with Crippen molar-refractivity contribution in [3.8, 4) is 0 Å². The van der Waals surface area contributed by atoms with Crippen molar-refractivity contribution in [1.29, 1.82) is 0 Å². The fourth-order valence-corrected chi connectivity index (χ4v) is 2.17. The summed E-state index contributed by atoms with van der Waals surface area (Å²) in [6.07, 6.45) is 4.28. The van der Waals surface area contributed by atoms with Crippen molar-refractivity contribution in [2.45, 2.75) is 66.7 Å². The van der Waals surface area contributed by atoms with E-state index in [2.05, 4.69) is 20.4 Å². The number of hydrogen-bond acceptors (Lipinski definition) is 7. The first-order chi connectivity index (χ1) is 16.1. The standard InChI is InChI=1S/C11H14O2.C8H16O3.C8H14O2.Na/c1-3-8(2)9-4-6-10(7-5-9)11(12)13;1-4-7(2)8(9)11-6-5-10-3;1-4-6-10-8(9)7(3)5-2;/h4-8H,3H2,1-2H3,(H,12,13);7H,4-6H2,1-3H3;4,7H,1,5-6H2,2-3H3;/q;;;+1/p-1. The molecule has 3 unspecified atom stereocenters. The largest absolute Gasteiger partial charge is 1.00 e. The maximum absolute atomic E-state index is 11.0. The molecule has 194 valence electrons. The number of hydrogen-bond donors (Lipinski definition) is 0. The van der Waals surface area contributed by atoms with E-state index in [0.29, 0.717) is 25.7 Å². The molecule has 1 aromatic rings. The number of carboxylic acids is 1. The number of carboxylic acid groups (broad SMARTS) is 1. The van der Waals surface area contributed by atoms with Gasteiger partial charge in [-0.05, 0) is 36.3 Å². The van der Waals surface area contributed by atoms with Crippen LogP contribution in [-0.4, -0.2) is 44.8 Å². The smallest absolute Gasteiger partial charge is 0.545 e. The van der Waals surface area contributed by atoms with Crippen LogP contribution in [0.2, 0.25) is 0 Å². The van der Waals surface area contributed by atoms with Crippen molar-refractivity contribution in [3.05, 3.63) is 48.0 Å². The van der Waals surface area contributed by atoms with Crippen molar-refractivity contribution >= 4 is 17.9 Å². The number of ether oxygens (including phenoxy) is 3. The van der Waals surface area contributed by atoms with Crippen LogP contribution in [0.3, 0.4) is 0 Å². The maximum atomic E-state index is 11.0. The Labute approximate surface area is 233 Å². The van der Waals surface area contributed by atoms with Crippen LogP contribution in [0, 0.1) is 11.8 Å². The molecule has 0 heterocycles. The van der Waals surface area contributed by atoms with E-state index in [1.807, 2.05) is 39.8 Å². The molecule has 0 aliphatic rings. The second kappa shape index (κ2) is 24.0. The third-order valence-electron chi connectivity index (χ3n) is 5.23. The zero-order valence-electron chi connectivity index (χ0n) is 22.9. The molecule has 1 rings (SSSR count). The van der Waals surface area contributed by atoms with Crippen molar-refractivity contribution in [1.82, 2.24) is 0 Å². The number of rotatable bonds is 12. The fourth-order valence-electron chi connectivity index (χ4n) is 2.17. The number of aromatic carboxylic acids is 1. The Balaban J connectivity index is -0.000000438. The number of esters is 2. The maximum Gasteiger partial charge on any atom is 1.00 e. The van der Waals surface area contributed by atoms with E-state index in [4.69, 9.17) is 14.2 Å². The van der Waals surface area contributed by atoms with Crippen LogP contribution < -0.4 is 34.7 Å². The molecule has 7 nitrogen and oxygen atoms in total. The van der Waals surface area contributed by atoms with Gasteiger partial charge < -0.3 is 24.1 Å². The summed E-state index contributed by atoms with van der Waals surface area (Å²) in [5.74, 6) is -0.884. The molecule has 0 spiro atoms. The normalized spacial score (nSPS) is 12.1. The Hall–Kier alpha value is -1.67. The van der Waals surface area contributed by atoms with Gasteiger partial charge in [-0.1, -0.05) is 78.5 Å². The molecule has 0 N–H and O–H groups in total. The third kappa shape index (κ3) is 19.2. The first-order valence-electron chi connectivity index (χ1n) is 11.8. The van der Waals surface area contributed by atoms with Crippen molar-refractivity contribution in [2.24, 2.45) is 11.8 Å². The molecule has 0 saturated carbocycles. The van der Waals surface area contributed by atoms with Gasteiger partial charge in [0.2, 0.25) is 0 Å². The Morgan fingerprint density at radius 3 is 1.74 bits per heavy atom. The quantitative estimate of drug-likeness (QED) is 0.185. The summed E-state index contributed by atoms with van der Waals surface area (Å²) in [5, 5.41) is 10.4. The Morgan fingerprint density at radius 2 is 1.37 bits per heavy atom. The number of benzene rings is 1. The Kier molecular flexibility index (Phi) is 26.0. The summed E-state index contributed by atoms with van der Waals surface area (Å²) >= 11 is 0. The molecule has 0 fully saturated rings. The summed E-state index contributed by atoms with van der Waals surface area (Å²) in [4.78, 5) is 32.3. The minimum Gasteiger partial charge on any atom is -0.545 e. The topological polar surface area (TPSA) is 102 Å². The SMILES string of the molecule is C=CCOC(=O)C(C)CC.CCC(C)C(=O)OCCOC.CCC(C)c1ccc(C(=O)[O-])cc1.[Na+]. The molecule has 8 heteroatoms. The monoisotopic (exact) mass is 502 g/mol. The predicted octanol–water partition coefficient (Wildman–Crippen LogP) is 1.55. The fraction of sp³-hybridized carbons (Fsp3) is 0.593. The van der Waals surface area contributed by atoms with E-state index >= 15 is 0 Å². The number of carbonyl (C=O) groups excluding carboxylic acids is 3. The van der Waals surface area contributed by atoms with E-state index in [0.717, 1.165) is 19.3 Å². The van der Waals surface area contributed by atoms with E-state index in [-0.39, 0.29) is 58.9 Å². The Morgan fingerprint density at radius 1 is 0.886 bits per heavy atom. The summed E-state index contributed by atoms with van der Waals surface area (Å²) in [5.41, 5.74) is 1.42. The van der Waals surface area contributed by atoms with Crippen LogP contribution in [-0.2, 0) is 23.8 Å². The molecule has 0 aromatic heterocycles. The van der Waals surface area contributed by atoms with Crippen LogP contribution >= 0.6 is 0 Å². The summed E-state index contributed by atoms with van der Waals surface area (Å²) in [7, 11) is 1.58. The molecule has 0 bridgehead atoms. The molecule has 3 atom stereocenters. The molecule has 0 aliphatic carbocycles. The first-order valence-corrected chi connectivity index (χ1v) is 11.8. The minimum atomic E-state index is -1.12. The molecular formula is C27H43NaO7. The first kappa shape index (κ1) is 37.9. The molecule has 35 heavy (non-hydrogen) atoms. The van der Waals surface area contributed by atoms with Crippen LogP contribution in [0.4, 0.5) is 0 Å². The molecule has 1 aromatic carbocycles. The van der Waals surface area contributed by atoms with Gasteiger partial charge >= 0.3 is 41.5 Å². The van der Waals surface area contributed by atoms with Crippen molar-refractivity contribution in [2.75, 3.05) is 26.9 Å². The van der Waals surface area contributed by atoms with Crippen LogP contribution in [0.25, 0.3) is 0 Å². The molecule has 0 amide bonds. The van der Waals surface area contributed by atoms with Crippen molar-refractivity contribution in [3.63, 3.8) is 0 Å².